The number of carbonyl (C=O) groups is 2. The van der Waals surface area contributed by atoms with E-state index < -0.39 is 11.5 Å². The molecular weight excluding hydrogens is 292 g/mol. The van der Waals surface area contributed by atoms with Crippen LogP contribution in [-0.2, 0) is 11.2 Å². The summed E-state index contributed by atoms with van der Waals surface area (Å²) in [6, 6.07) is 5.75. The first-order chi connectivity index (χ1) is 11.0. The number of amides is 2. The van der Waals surface area contributed by atoms with E-state index in [9.17, 15) is 14.7 Å². The van der Waals surface area contributed by atoms with Gasteiger partial charge in [0.15, 0.2) is 0 Å². The SMILES string of the molecule is NC(=O)CC1(O)CCCN(C(=O)c2ccc3c(c2)CCC=C3)C1. The molecule has 2 amide bonds. The normalized spacial score (nSPS) is 23.4. The maximum atomic E-state index is 12.7. The quantitative estimate of drug-likeness (QED) is 0.886. The molecule has 1 fully saturated rings. The minimum Gasteiger partial charge on any atom is -0.388 e. The van der Waals surface area contributed by atoms with Crippen LogP contribution in [0.1, 0.15) is 47.2 Å². The van der Waals surface area contributed by atoms with E-state index in [2.05, 4.69) is 12.2 Å². The van der Waals surface area contributed by atoms with Crippen molar-refractivity contribution in [2.24, 2.45) is 5.73 Å². The Morgan fingerprint density at radius 2 is 2.17 bits per heavy atom. The number of carbonyl (C=O) groups excluding carboxylic acids is 2. The second kappa shape index (κ2) is 6.16. The zero-order chi connectivity index (χ0) is 16.4. The van der Waals surface area contributed by atoms with Gasteiger partial charge in [-0.1, -0.05) is 18.2 Å². The lowest BCUT2D eigenvalue weighted by atomic mass is 9.88. The summed E-state index contributed by atoms with van der Waals surface area (Å²) in [5.74, 6) is -0.632. The van der Waals surface area contributed by atoms with Crippen molar-refractivity contribution < 1.29 is 14.7 Å². The number of hydrogen-bond acceptors (Lipinski definition) is 3. The Kier molecular flexibility index (Phi) is 4.22. The summed E-state index contributed by atoms with van der Waals surface area (Å²) >= 11 is 0. The number of hydrogen-bond donors (Lipinski definition) is 2. The first kappa shape index (κ1) is 15.7. The Balaban J connectivity index is 1.77. The summed E-state index contributed by atoms with van der Waals surface area (Å²) in [4.78, 5) is 25.5. The van der Waals surface area contributed by atoms with Crippen molar-refractivity contribution in [3.63, 3.8) is 0 Å². The minimum absolute atomic E-state index is 0.0926. The molecule has 5 heteroatoms. The molecule has 122 valence electrons. The summed E-state index contributed by atoms with van der Waals surface area (Å²) in [5.41, 5.74) is 7.00. The van der Waals surface area contributed by atoms with Crippen molar-refractivity contribution in [2.75, 3.05) is 13.1 Å². The molecule has 0 saturated carbocycles. The highest BCUT2D eigenvalue weighted by Crippen LogP contribution is 2.27. The lowest BCUT2D eigenvalue weighted by Crippen LogP contribution is -2.51. The molecule has 0 spiro atoms. The van der Waals surface area contributed by atoms with Gasteiger partial charge in [-0.2, -0.15) is 0 Å². The zero-order valence-electron chi connectivity index (χ0n) is 13.1. The molecule has 1 aromatic rings. The molecule has 1 heterocycles. The highest BCUT2D eigenvalue weighted by atomic mass is 16.3. The Morgan fingerprint density at radius 1 is 1.35 bits per heavy atom. The molecule has 5 nitrogen and oxygen atoms in total. The molecule has 2 aliphatic rings. The fraction of sp³-hybridized carbons (Fsp3) is 0.444. The van der Waals surface area contributed by atoms with Crippen LogP contribution < -0.4 is 5.73 Å². The average molecular weight is 314 g/mol. The van der Waals surface area contributed by atoms with Gasteiger partial charge in [-0.25, -0.2) is 0 Å². The second-order valence-electron chi connectivity index (χ2n) is 6.55. The third-order valence-corrected chi connectivity index (χ3v) is 4.61. The van der Waals surface area contributed by atoms with Crippen LogP contribution in [0.3, 0.4) is 0 Å². The molecule has 3 N–H and O–H groups in total. The number of primary amides is 1. The highest BCUT2D eigenvalue weighted by Gasteiger charge is 2.36. The molecule has 23 heavy (non-hydrogen) atoms. The van der Waals surface area contributed by atoms with E-state index in [1.54, 1.807) is 4.90 Å². The number of aryl methyl sites for hydroxylation is 1. The molecule has 1 aliphatic heterocycles. The predicted octanol–water partition coefficient (Wildman–Crippen LogP) is 1.49. The Morgan fingerprint density at radius 3 is 2.96 bits per heavy atom. The summed E-state index contributed by atoms with van der Waals surface area (Å²) in [6.07, 6.45) is 7.22. The third-order valence-electron chi connectivity index (χ3n) is 4.61. The lowest BCUT2D eigenvalue weighted by molar-refractivity contribution is -0.125. The molecule has 1 aliphatic carbocycles. The van der Waals surface area contributed by atoms with E-state index in [1.165, 1.54) is 5.56 Å². The lowest BCUT2D eigenvalue weighted by Gasteiger charge is -2.38. The van der Waals surface area contributed by atoms with Gasteiger partial charge >= 0.3 is 0 Å². The Labute approximate surface area is 135 Å². The van der Waals surface area contributed by atoms with Crippen molar-refractivity contribution in [3.05, 3.63) is 41.0 Å². The molecular formula is C18H22N2O3. The van der Waals surface area contributed by atoms with Crippen molar-refractivity contribution in [3.8, 4) is 0 Å². The van der Waals surface area contributed by atoms with Gasteiger partial charge in [0.25, 0.3) is 5.91 Å². The average Bonchev–Trinajstić information content (AvgIpc) is 2.52. The van der Waals surface area contributed by atoms with E-state index in [1.807, 2.05) is 18.2 Å². The number of benzene rings is 1. The Bertz CT molecular complexity index is 668. The van der Waals surface area contributed by atoms with Gasteiger partial charge in [0.1, 0.15) is 0 Å². The van der Waals surface area contributed by atoms with E-state index in [-0.39, 0.29) is 18.9 Å². The first-order valence-electron chi connectivity index (χ1n) is 8.06. The summed E-state index contributed by atoms with van der Waals surface area (Å²) < 4.78 is 0. The number of β-amino-alcohol motifs (C(OH)–C–C–N with tert-alkyl or cyclic N) is 1. The van der Waals surface area contributed by atoms with Gasteiger partial charge in [-0.3, -0.25) is 9.59 Å². The van der Waals surface area contributed by atoms with Crippen molar-refractivity contribution in [1.82, 2.24) is 4.90 Å². The predicted molar refractivity (Wildman–Crippen MR) is 87.7 cm³/mol. The largest absolute Gasteiger partial charge is 0.388 e. The number of nitrogens with zero attached hydrogens (tertiary/aromatic N) is 1. The van der Waals surface area contributed by atoms with Crippen LogP contribution in [0, 0.1) is 0 Å². The second-order valence-corrected chi connectivity index (χ2v) is 6.55. The molecule has 3 rings (SSSR count). The number of nitrogens with two attached hydrogens (primary N) is 1. The van der Waals surface area contributed by atoms with E-state index in [0.717, 1.165) is 18.4 Å². The van der Waals surface area contributed by atoms with Crippen LogP contribution in [0.5, 0.6) is 0 Å². The van der Waals surface area contributed by atoms with E-state index in [0.29, 0.717) is 24.9 Å². The monoisotopic (exact) mass is 314 g/mol. The maximum Gasteiger partial charge on any atom is 0.253 e. The van der Waals surface area contributed by atoms with E-state index in [4.69, 9.17) is 5.73 Å². The standard InChI is InChI=1S/C18H22N2O3/c19-16(21)11-18(23)8-3-9-20(12-18)17(22)15-7-6-13-4-1-2-5-14(13)10-15/h1,4,6-7,10,23H,2-3,5,8-9,11-12H2,(H2,19,21). The number of rotatable bonds is 3. The fourth-order valence-corrected chi connectivity index (χ4v) is 3.50. The number of aliphatic hydroxyl groups is 1. The van der Waals surface area contributed by atoms with Crippen molar-refractivity contribution >= 4 is 17.9 Å². The topological polar surface area (TPSA) is 83.6 Å². The maximum absolute atomic E-state index is 12.7. The van der Waals surface area contributed by atoms with Crippen LogP contribution in [0.2, 0.25) is 0 Å². The zero-order valence-corrected chi connectivity index (χ0v) is 13.1. The number of piperidine rings is 1. The smallest absolute Gasteiger partial charge is 0.253 e. The van der Waals surface area contributed by atoms with Crippen LogP contribution >= 0.6 is 0 Å². The number of fused-ring (bicyclic) bond motifs is 1. The van der Waals surface area contributed by atoms with Crippen LogP contribution in [0.4, 0.5) is 0 Å². The molecule has 1 unspecified atom stereocenters. The van der Waals surface area contributed by atoms with Gasteiger partial charge in [-0.15, -0.1) is 0 Å². The number of likely N-dealkylation sites (tertiary alicyclic amines) is 1. The van der Waals surface area contributed by atoms with Gasteiger partial charge in [0.05, 0.1) is 18.6 Å². The van der Waals surface area contributed by atoms with Crippen LogP contribution in [-0.4, -0.2) is 40.5 Å². The highest BCUT2D eigenvalue weighted by molar-refractivity contribution is 5.95. The molecule has 1 aromatic carbocycles. The van der Waals surface area contributed by atoms with E-state index >= 15 is 0 Å². The minimum atomic E-state index is -1.20. The Hall–Kier alpha value is -2.14. The molecule has 0 aromatic heterocycles. The van der Waals surface area contributed by atoms with Crippen LogP contribution in [0.25, 0.3) is 6.08 Å². The first-order valence-corrected chi connectivity index (χ1v) is 8.06. The van der Waals surface area contributed by atoms with Gasteiger partial charge in [-0.05, 0) is 48.9 Å². The summed E-state index contributed by atoms with van der Waals surface area (Å²) in [7, 11) is 0. The molecule has 0 radical (unpaired) electrons. The fourth-order valence-electron chi connectivity index (χ4n) is 3.50. The molecule has 1 saturated heterocycles. The van der Waals surface area contributed by atoms with Gasteiger partial charge < -0.3 is 15.7 Å². The van der Waals surface area contributed by atoms with Gasteiger partial charge in [0.2, 0.25) is 5.91 Å². The molecule has 0 bridgehead atoms. The summed E-state index contributed by atoms with van der Waals surface area (Å²) in [5, 5.41) is 10.5. The van der Waals surface area contributed by atoms with Crippen molar-refractivity contribution in [2.45, 2.75) is 37.7 Å². The molecule has 1 atom stereocenters. The third kappa shape index (κ3) is 3.45. The number of allylic oxidation sites excluding steroid dienone is 1. The van der Waals surface area contributed by atoms with Gasteiger partial charge in [0, 0.05) is 12.1 Å². The van der Waals surface area contributed by atoms with Crippen LogP contribution in [0.15, 0.2) is 24.3 Å². The van der Waals surface area contributed by atoms with Crippen molar-refractivity contribution in [1.29, 1.82) is 0 Å². The summed E-state index contributed by atoms with van der Waals surface area (Å²) in [6.45, 7) is 0.753.